The van der Waals surface area contributed by atoms with Crippen molar-refractivity contribution in [2.75, 3.05) is 19.0 Å². The van der Waals surface area contributed by atoms with E-state index in [2.05, 4.69) is 21.4 Å². The van der Waals surface area contributed by atoms with Gasteiger partial charge in [-0.15, -0.1) is 5.10 Å². The maximum atomic E-state index is 11.7. The van der Waals surface area contributed by atoms with Gasteiger partial charge in [0.1, 0.15) is 0 Å². The summed E-state index contributed by atoms with van der Waals surface area (Å²) < 4.78 is 26.3. The van der Waals surface area contributed by atoms with Crippen molar-refractivity contribution in [1.29, 1.82) is 4.78 Å². The number of nitrogens with zero attached hydrogens (tertiary/aromatic N) is 4. The maximum Gasteiger partial charge on any atom is 0.241 e. The standard InChI is InChI=1S/C21H28N6O3S/c1-13(12-30-2)25-21-24-11-20-18(15-7-17(31(22)29)10-23-9-15)8-19(27(20)26-21)14-3-5-16(28)6-4-14/h7-11,13-14,16,22,28,31H,3-6,12H2,1-2H3,(H,25,26)/t13-,14-,16-/m0/s1. The molecule has 1 unspecified atom stereocenters. The number of ether oxygens (including phenoxy) is 1. The van der Waals surface area contributed by atoms with E-state index in [1.807, 2.05) is 11.4 Å². The summed E-state index contributed by atoms with van der Waals surface area (Å²) in [6.45, 7) is 2.54. The summed E-state index contributed by atoms with van der Waals surface area (Å²) in [6.07, 6.45) is 8.02. The molecular weight excluding hydrogens is 416 g/mol. The number of rotatable bonds is 7. The fraction of sp³-hybridized carbons (Fsp3) is 0.476. The van der Waals surface area contributed by atoms with Gasteiger partial charge in [0, 0.05) is 48.3 Å². The third-order valence-electron chi connectivity index (χ3n) is 5.72. The lowest BCUT2D eigenvalue weighted by Gasteiger charge is -2.25. The van der Waals surface area contributed by atoms with Crippen LogP contribution in [-0.4, -0.2) is 54.8 Å². The molecule has 3 N–H and O–H groups in total. The van der Waals surface area contributed by atoms with E-state index in [1.54, 1.807) is 25.6 Å². The predicted molar refractivity (Wildman–Crippen MR) is 119 cm³/mol. The molecule has 1 saturated carbocycles. The van der Waals surface area contributed by atoms with Crippen LogP contribution in [0.5, 0.6) is 0 Å². The normalized spacial score (nSPS) is 21.1. The molecule has 1 fully saturated rings. The summed E-state index contributed by atoms with van der Waals surface area (Å²) in [5, 5.41) is 18.0. The first-order valence-electron chi connectivity index (χ1n) is 10.4. The molecule has 0 amide bonds. The zero-order valence-corrected chi connectivity index (χ0v) is 18.5. The molecule has 3 heterocycles. The van der Waals surface area contributed by atoms with Crippen molar-refractivity contribution in [3.8, 4) is 11.1 Å². The fourth-order valence-corrected chi connectivity index (χ4v) is 4.60. The second-order valence-electron chi connectivity index (χ2n) is 8.09. The van der Waals surface area contributed by atoms with Gasteiger partial charge in [0.05, 0.1) is 39.9 Å². The van der Waals surface area contributed by atoms with E-state index in [9.17, 15) is 9.32 Å². The van der Waals surface area contributed by atoms with E-state index in [0.717, 1.165) is 48.0 Å². The summed E-state index contributed by atoms with van der Waals surface area (Å²) in [5.41, 5.74) is 3.56. The number of hydrogen-bond acceptors (Lipinski definition) is 8. The minimum Gasteiger partial charge on any atom is -0.393 e. The van der Waals surface area contributed by atoms with Gasteiger partial charge in [-0.1, -0.05) is 0 Å². The summed E-state index contributed by atoms with van der Waals surface area (Å²) in [5.74, 6) is 0.783. The quantitative estimate of drug-likeness (QED) is 0.413. The van der Waals surface area contributed by atoms with Crippen molar-refractivity contribution in [3.63, 3.8) is 0 Å². The average molecular weight is 445 g/mol. The second-order valence-corrected chi connectivity index (χ2v) is 9.20. The third-order valence-corrected chi connectivity index (χ3v) is 6.43. The maximum absolute atomic E-state index is 11.7. The molecular formula is C21H28N6O3S. The van der Waals surface area contributed by atoms with E-state index in [4.69, 9.17) is 14.6 Å². The number of pyridine rings is 1. The van der Waals surface area contributed by atoms with Crippen LogP contribution >= 0.6 is 0 Å². The summed E-state index contributed by atoms with van der Waals surface area (Å²) in [4.78, 5) is 9.07. The first-order valence-corrected chi connectivity index (χ1v) is 11.7. The van der Waals surface area contributed by atoms with E-state index in [1.165, 1.54) is 6.20 Å². The molecule has 10 heteroatoms. The zero-order chi connectivity index (χ0) is 22.0. The Morgan fingerprint density at radius 3 is 2.77 bits per heavy atom. The van der Waals surface area contributed by atoms with Crippen molar-refractivity contribution in [1.82, 2.24) is 19.6 Å². The van der Waals surface area contributed by atoms with Gasteiger partial charge in [-0.2, -0.15) is 0 Å². The highest BCUT2D eigenvalue weighted by molar-refractivity contribution is 7.73. The van der Waals surface area contributed by atoms with E-state index in [-0.39, 0.29) is 18.1 Å². The van der Waals surface area contributed by atoms with Gasteiger partial charge >= 0.3 is 0 Å². The SMILES string of the molecule is COC[C@H](C)Nc1ncc2c(-c3cncc([SH](=N)=O)c3)cc([C@H]3CC[C@H](O)CC3)n2n1. The van der Waals surface area contributed by atoms with Crippen LogP contribution < -0.4 is 5.32 Å². The van der Waals surface area contributed by atoms with Crippen molar-refractivity contribution in [2.45, 2.75) is 55.6 Å². The van der Waals surface area contributed by atoms with Gasteiger partial charge in [-0.3, -0.25) is 9.76 Å². The fourth-order valence-electron chi connectivity index (χ4n) is 4.17. The Morgan fingerprint density at radius 1 is 1.29 bits per heavy atom. The average Bonchev–Trinajstić information content (AvgIpc) is 3.13. The number of aliphatic hydroxyl groups excluding tert-OH is 1. The molecule has 0 aromatic carbocycles. The molecule has 4 rings (SSSR count). The Morgan fingerprint density at radius 2 is 2.06 bits per heavy atom. The van der Waals surface area contributed by atoms with Crippen molar-refractivity contribution >= 4 is 22.1 Å². The number of fused-ring (bicyclic) bond motifs is 1. The summed E-state index contributed by atoms with van der Waals surface area (Å²) in [7, 11) is -0.569. The number of nitrogens with one attached hydrogen (secondary N) is 2. The minimum atomic E-state index is -2.22. The molecule has 0 spiro atoms. The number of aliphatic hydroxyl groups is 1. The predicted octanol–water partition coefficient (Wildman–Crippen LogP) is 2.86. The molecule has 0 aliphatic heterocycles. The van der Waals surface area contributed by atoms with Gasteiger partial charge in [0.25, 0.3) is 0 Å². The largest absolute Gasteiger partial charge is 0.393 e. The topological polar surface area (TPSA) is 125 Å². The van der Waals surface area contributed by atoms with Crippen molar-refractivity contribution in [3.05, 3.63) is 36.4 Å². The Bertz CT molecular complexity index is 1130. The molecule has 1 aliphatic carbocycles. The van der Waals surface area contributed by atoms with E-state index in [0.29, 0.717) is 17.5 Å². The molecule has 0 bridgehead atoms. The monoisotopic (exact) mass is 444 g/mol. The molecule has 0 saturated heterocycles. The van der Waals surface area contributed by atoms with Crippen LogP contribution in [-0.2, 0) is 15.3 Å². The van der Waals surface area contributed by atoms with Gasteiger partial charge in [0.15, 0.2) is 0 Å². The summed E-state index contributed by atoms with van der Waals surface area (Å²) >= 11 is 0. The highest BCUT2D eigenvalue weighted by Crippen LogP contribution is 2.37. The smallest absolute Gasteiger partial charge is 0.241 e. The Kier molecular flexibility index (Phi) is 6.49. The number of thiol groups is 1. The lowest BCUT2D eigenvalue weighted by Crippen LogP contribution is -2.23. The zero-order valence-electron chi connectivity index (χ0n) is 17.7. The van der Waals surface area contributed by atoms with E-state index < -0.39 is 10.6 Å². The van der Waals surface area contributed by atoms with Gasteiger partial charge in [0.2, 0.25) is 5.95 Å². The molecule has 0 radical (unpaired) electrons. The van der Waals surface area contributed by atoms with Crippen molar-refractivity contribution in [2.24, 2.45) is 0 Å². The first kappa shape index (κ1) is 21.7. The molecule has 3 aromatic heterocycles. The van der Waals surface area contributed by atoms with Gasteiger partial charge in [-0.05, 0) is 44.7 Å². The number of aromatic nitrogens is 4. The van der Waals surface area contributed by atoms with Crippen LogP contribution in [0.2, 0.25) is 0 Å². The van der Waals surface area contributed by atoms with E-state index >= 15 is 0 Å². The minimum absolute atomic E-state index is 0.0556. The highest BCUT2D eigenvalue weighted by atomic mass is 32.2. The lowest BCUT2D eigenvalue weighted by atomic mass is 9.85. The van der Waals surface area contributed by atoms with Crippen LogP contribution in [0.15, 0.2) is 35.6 Å². The lowest BCUT2D eigenvalue weighted by molar-refractivity contribution is 0.121. The van der Waals surface area contributed by atoms with Crippen LogP contribution in [0, 0.1) is 4.78 Å². The molecule has 31 heavy (non-hydrogen) atoms. The second kappa shape index (κ2) is 9.29. The van der Waals surface area contributed by atoms with Crippen molar-refractivity contribution < 1.29 is 14.1 Å². The van der Waals surface area contributed by atoms with Gasteiger partial charge in [-0.25, -0.2) is 13.7 Å². The van der Waals surface area contributed by atoms with Gasteiger partial charge < -0.3 is 15.2 Å². The Hall–Kier alpha value is -2.56. The van der Waals surface area contributed by atoms with Crippen LogP contribution in [0.3, 0.4) is 0 Å². The Labute approximate surface area is 182 Å². The molecule has 3 aromatic rings. The van der Waals surface area contributed by atoms with Crippen LogP contribution in [0.25, 0.3) is 16.6 Å². The Balaban J connectivity index is 1.80. The number of anilines is 1. The molecule has 1 aliphatic rings. The highest BCUT2D eigenvalue weighted by Gasteiger charge is 2.25. The van der Waals surface area contributed by atoms with Crippen LogP contribution in [0.1, 0.15) is 44.2 Å². The van der Waals surface area contributed by atoms with Crippen LogP contribution in [0.4, 0.5) is 5.95 Å². The molecule has 166 valence electrons. The number of hydrogen-bond donors (Lipinski definition) is 4. The summed E-state index contributed by atoms with van der Waals surface area (Å²) in [6, 6.07) is 3.89. The molecule has 9 nitrogen and oxygen atoms in total. The third kappa shape index (κ3) is 4.70. The first-order chi connectivity index (χ1) is 15.0. The molecule has 2 atom stereocenters. The number of methoxy groups -OCH3 is 1.